The zero-order valence-corrected chi connectivity index (χ0v) is 15.7. The molecule has 0 bridgehead atoms. The maximum atomic E-state index is 12.2. The molecule has 134 valence electrons. The molecule has 2 aromatic heterocycles. The number of aromatic nitrogens is 4. The second-order valence-corrected chi connectivity index (χ2v) is 7.07. The normalized spacial score (nSPS) is 11.3. The van der Waals surface area contributed by atoms with Crippen molar-refractivity contribution < 1.29 is 4.79 Å². The van der Waals surface area contributed by atoms with Crippen LogP contribution in [0.1, 0.15) is 17.0 Å². The fourth-order valence-electron chi connectivity index (χ4n) is 2.68. The summed E-state index contributed by atoms with van der Waals surface area (Å²) in [6.07, 6.45) is 3.33. The number of amides is 1. The SMILES string of the molecule is Cc1cc(-c2nn3c(C)nnc3s2)ccc1NC(=O)C=Cc1ccccc1. The molecule has 0 fully saturated rings. The maximum Gasteiger partial charge on any atom is 0.248 e. The van der Waals surface area contributed by atoms with Crippen molar-refractivity contribution in [1.29, 1.82) is 0 Å². The van der Waals surface area contributed by atoms with Crippen LogP contribution < -0.4 is 5.32 Å². The predicted molar refractivity (Wildman–Crippen MR) is 108 cm³/mol. The van der Waals surface area contributed by atoms with E-state index in [0.29, 0.717) is 0 Å². The minimum atomic E-state index is -0.163. The Kier molecular flexibility index (Phi) is 4.52. The second-order valence-electron chi connectivity index (χ2n) is 6.11. The van der Waals surface area contributed by atoms with Gasteiger partial charge in [-0.25, -0.2) is 0 Å². The summed E-state index contributed by atoms with van der Waals surface area (Å²) >= 11 is 1.49. The van der Waals surface area contributed by atoms with Crippen LogP contribution in [0, 0.1) is 13.8 Å². The molecular formula is C20H17N5OS. The average Bonchev–Trinajstić information content (AvgIpc) is 3.25. The van der Waals surface area contributed by atoms with Crippen LogP contribution in [0.4, 0.5) is 5.69 Å². The van der Waals surface area contributed by atoms with Crippen molar-refractivity contribution in [1.82, 2.24) is 19.8 Å². The third-order valence-electron chi connectivity index (χ3n) is 4.10. The summed E-state index contributed by atoms with van der Waals surface area (Å²) in [6.45, 7) is 3.84. The standard InChI is InChI=1S/C20H17N5OS/c1-13-12-16(19-24-25-14(2)22-23-20(25)27-19)9-10-17(13)21-18(26)11-8-15-6-4-3-5-7-15/h3-12H,1-2H3,(H,21,26). The molecule has 0 spiro atoms. The van der Waals surface area contributed by atoms with E-state index in [2.05, 4.69) is 20.6 Å². The first-order chi connectivity index (χ1) is 13.1. The van der Waals surface area contributed by atoms with E-state index in [1.54, 1.807) is 10.6 Å². The van der Waals surface area contributed by atoms with Gasteiger partial charge in [0.2, 0.25) is 10.9 Å². The van der Waals surface area contributed by atoms with Gasteiger partial charge in [0.15, 0.2) is 5.82 Å². The molecule has 0 atom stereocenters. The van der Waals surface area contributed by atoms with Crippen LogP contribution in [0.15, 0.2) is 54.6 Å². The summed E-state index contributed by atoms with van der Waals surface area (Å²) in [5.41, 5.74) is 3.72. The highest BCUT2D eigenvalue weighted by molar-refractivity contribution is 7.19. The van der Waals surface area contributed by atoms with E-state index in [0.717, 1.165) is 38.2 Å². The summed E-state index contributed by atoms with van der Waals surface area (Å²) in [4.78, 5) is 13.0. The molecule has 4 rings (SSSR count). The fraction of sp³-hybridized carbons (Fsp3) is 0.100. The number of rotatable bonds is 4. The van der Waals surface area contributed by atoms with E-state index in [9.17, 15) is 4.79 Å². The number of hydrogen-bond acceptors (Lipinski definition) is 5. The van der Waals surface area contributed by atoms with E-state index in [-0.39, 0.29) is 5.91 Å². The third-order valence-corrected chi connectivity index (χ3v) is 5.05. The molecule has 0 aliphatic rings. The Balaban J connectivity index is 1.51. The highest BCUT2D eigenvalue weighted by atomic mass is 32.1. The van der Waals surface area contributed by atoms with Gasteiger partial charge in [0, 0.05) is 17.3 Å². The van der Waals surface area contributed by atoms with Gasteiger partial charge in [-0.3, -0.25) is 4.79 Å². The predicted octanol–water partition coefficient (Wildman–Crippen LogP) is 4.12. The number of nitrogens with one attached hydrogen (secondary N) is 1. The Morgan fingerprint density at radius 1 is 1.11 bits per heavy atom. The van der Waals surface area contributed by atoms with E-state index in [4.69, 9.17) is 0 Å². The smallest absolute Gasteiger partial charge is 0.248 e. The summed E-state index contributed by atoms with van der Waals surface area (Å²) in [5, 5.41) is 16.4. The largest absolute Gasteiger partial charge is 0.322 e. The molecule has 0 aliphatic carbocycles. The maximum absolute atomic E-state index is 12.2. The molecule has 1 N–H and O–H groups in total. The van der Waals surface area contributed by atoms with Gasteiger partial charge in [-0.2, -0.15) is 9.61 Å². The number of hydrogen-bond donors (Lipinski definition) is 1. The van der Waals surface area contributed by atoms with Gasteiger partial charge in [-0.05, 0) is 49.2 Å². The molecule has 0 unspecified atom stereocenters. The lowest BCUT2D eigenvalue weighted by Crippen LogP contribution is -2.08. The van der Waals surface area contributed by atoms with E-state index in [1.807, 2.05) is 62.4 Å². The zero-order valence-electron chi connectivity index (χ0n) is 14.9. The van der Waals surface area contributed by atoms with Crippen LogP contribution in [-0.4, -0.2) is 25.7 Å². The van der Waals surface area contributed by atoms with Crippen molar-refractivity contribution in [3.63, 3.8) is 0 Å². The molecular weight excluding hydrogens is 358 g/mol. The van der Waals surface area contributed by atoms with Crippen molar-refractivity contribution >= 4 is 34.0 Å². The summed E-state index contributed by atoms with van der Waals surface area (Å²) < 4.78 is 1.74. The molecule has 0 radical (unpaired) electrons. The quantitative estimate of drug-likeness (QED) is 0.545. The van der Waals surface area contributed by atoms with Gasteiger partial charge in [-0.1, -0.05) is 41.7 Å². The topological polar surface area (TPSA) is 72.2 Å². The Bertz CT molecular complexity index is 1140. The van der Waals surface area contributed by atoms with Crippen molar-refractivity contribution in [2.45, 2.75) is 13.8 Å². The lowest BCUT2D eigenvalue weighted by Gasteiger charge is -2.07. The highest BCUT2D eigenvalue weighted by Gasteiger charge is 2.11. The molecule has 0 saturated carbocycles. The number of anilines is 1. The van der Waals surface area contributed by atoms with Crippen LogP contribution in [0.25, 0.3) is 21.6 Å². The molecule has 0 saturated heterocycles. The monoisotopic (exact) mass is 375 g/mol. The Labute approximate surface area is 160 Å². The van der Waals surface area contributed by atoms with Gasteiger partial charge in [0.25, 0.3) is 0 Å². The van der Waals surface area contributed by atoms with Crippen LogP contribution in [-0.2, 0) is 4.79 Å². The summed E-state index contributed by atoms with van der Waals surface area (Å²) in [7, 11) is 0. The summed E-state index contributed by atoms with van der Waals surface area (Å²) in [6, 6.07) is 15.6. The number of nitrogens with zero attached hydrogens (tertiary/aromatic N) is 4. The van der Waals surface area contributed by atoms with Crippen molar-refractivity contribution in [3.05, 3.63) is 71.6 Å². The molecule has 1 amide bonds. The Morgan fingerprint density at radius 2 is 1.93 bits per heavy atom. The Morgan fingerprint density at radius 3 is 2.67 bits per heavy atom. The van der Waals surface area contributed by atoms with Crippen LogP contribution in [0.5, 0.6) is 0 Å². The van der Waals surface area contributed by atoms with Gasteiger partial charge in [0.05, 0.1) is 0 Å². The second kappa shape index (κ2) is 7.13. The molecule has 7 heteroatoms. The van der Waals surface area contributed by atoms with Crippen LogP contribution in [0.3, 0.4) is 0 Å². The number of aryl methyl sites for hydroxylation is 2. The molecule has 27 heavy (non-hydrogen) atoms. The summed E-state index contributed by atoms with van der Waals surface area (Å²) in [5.74, 6) is 0.599. The minimum Gasteiger partial charge on any atom is -0.322 e. The number of fused-ring (bicyclic) bond motifs is 1. The highest BCUT2D eigenvalue weighted by Crippen LogP contribution is 2.28. The first kappa shape index (κ1) is 17.1. The van der Waals surface area contributed by atoms with Crippen LogP contribution in [0.2, 0.25) is 0 Å². The first-order valence-corrected chi connectivity index (χ1v) is 9.26. The molecule has 2 heterocycles. The van der Waals surface area contributed by atoms with Gasteiger partial charge < -0.3 is 5.32 Å². The minimum absolute atomic E-state index is 0.163. The van der Waals surface area contributed by atoms with E-state index >= 15 is 0 Å². The number of benzene rings is 2. The zero-order chi connectivity index (χ0) is 18.8. The first-order valence-electron chi connectivity index (χ1n) is 8.44. The average molecular weight is 375 g/mol. The van der Waals surface area contributed by atoms with Gasteiger partial charge >= 0.3 is 0 Å². The van der Waals surface area contributed by atoms with Crippen LogP contribution >= 0.6 is 11.3 Å². The molecule has 6 nitrogen and oxygen atoms in total. The van der Waals surface area contributed by atoms with Crippen molar-refractivity contribution in [3.8, 4) is 10.6 Å². The van der Waals surface area contributed by atoms with Gasteiger partial charge in [-0.15, -0.1) is 10.2 Å². The Hall–Kier alpha value is -3.32. The lowest BCUT2D eigenvalue weighted by atomic mass is 10.1. The molecule has 4 aromatic rings. The third kappa shape index (κ3) is 3.63. The molecule has 2 aromatic carbocycles. The van der Waals surface area contributed by atoms with Crippen molar-refractivity contribution in [2.75, 3.05) is 5.32 Å². The van der Waals surface area contributed by atoms with E-state index < -0.39 is 0 Å². The van der Waals surface area contributed by atoms with E-state index in [1.165, 1.54) is 17.4 Å². The number of carbonyl (C=O) groups is 1. The fourth-order valence-corrected chi connectivity index (χ4v) is 3.56. The number of carbonyl (C=O) groups excluding carboxylic acids is 1. The van der Waals surface area contributed by atoms with Crippen molar-refractivity contribution in [2.24, 2.45) is 0 Å². The van der Waals surface area contributed by atoms with Gasteiger partial charge in [0.1, 0.15) is 5.01 Å². The lowest BCUT2D eigenvalue weighted by molar-refractivity contribution is -0.111. The molecule has 0 aliphatic heterocycles.